The lowest BCUT2D eigenvalue weighted by Gasteiger charge is -2.33. The lowest BCUT2D eigenvalue weighted by Crippen LogP contribution is -2.43. The number of anilines is 1. The van der Waals surface area contributed by atoms with E-state index in [1.807, 2.05) is 0 Å². The van der Waals surface area contributed by atoms with Crippen molar-refractivity contribution in [2.45, 2.75) is 12.3 Å². The summed E-state index contributed by atoms with van der Waals surface area (Å²) in [7, 11) is 0. The van der Waals surface area contributed by atoms with Crippen molar-refractivity contribution in [2.24, 2.45) is 0 Å². The minimum absolute atomic E-state index is 0.0231. The summed E-state index contributed by atoms with van der Waals surface area (Å²) >= 11 is 11.6. The van der Waals surface area contributed by atoms with Crippen LogP contribution in [0.5, 0.6) is 0 Å². The molecule has 1 aromatic rings. The second kappa shape index (κ2) is 5.73. The lowest BCUT2D eigenvalue weighted by atomic mass is 10.2. The lowest BCUT2D eigenvalue weighted by molar-refractivity contribution is -0.137. The maximum absolute atomic E-state index is 12.5. The molecule has 0 N–H and O–H groups in total. The molecule has 0 saturated carbocycles. The first-order valence-corrected chi connectivity index (χ1v) is 6.48. The van der Waals surface area contributed by atoms with E-state index in [2.05, 4.69) is 4.98 Å². The minimum Gasteiger partial charge on any atom is -0.373 e. The predicted molar refractivity (Wildman–Crippen MR) is 66.9 cm³/mol. The third-order valence-electron chi connectivity index (χ3n) is 2.76. The number of hydrogen-bond acceptors (Lipinski definition) is 3. The van der Waals surface area contributed by atoms with Gasteiger partial charge in [0, 0.05) is 19.3 Å². The highest BCUT2D eigenvalue weighted by atomic mass is 35.5. The molecule has 1 atom stereocenters. The Hall–Kier alpha value is -0.720. The fourth-order valence-electron chi connectivity index (χ4n) is 1.82. The molecule has 1 aliphatic rings. The van der Waals surface area contributed by atoms with Crippen molar-refractivity contribution in [3.8, 4) is 0 Å². The third kappa shape index (κ3) is 3.43. The summed E-state index contributed by atoms with van der Waals surface area (Å²) in [6.45, 7) is 1.42. The zero-order valence-corrected chi connectivity index (χ0v) is 11.3. The van der Waals surface area contributed by atoms with Crippen LogP contribution < -0.4 is 4.90 Å². The van der Waals surface area contributed by atoms with Crippen molar-refractivity contribution >= 4 is 29.0 Å². The van der Waals surface area contributed by atoms with E-state index in [-0.39, 0.29) is 11.1 Å². The Bertz CT molecular complexity index is 456. The molecule has 3 nitrogen and oxygen atoms in total. The standard InChI is InChI=1S/C11H11Cl2F3N2O/c12-4-8-6-18(1-2-19-8)10-9(13)3-7(5-17-10)11(14,15)16/h3,5,8H,1-2,4,6H2. The molecule has 19 heavy (non-hydrogen) atoms. The molecule has 0 radical (unpaired) electrons. The fraction of sp³-hybridized carbons (Fsp3) is 0.545. The first-order chi connectivity index (χ1) is 8.91. The summed E-state index contributed by atoms with van der Waals surface area (Å²) in [5, 5.41) is -0.0231. The van der Waals surface area contributed by atoms with Gasteiger partial charge in [-0.25, -0.2) is 4.98 Å². The number of hydrogen-bond donors (Lipinski definition) is 0. The van der Waals surface area contributed by atoms with Crippen LogP contribution >= 0.6 is 23.2 Å². The molecule has 8 heteroatoms. The Kier molecular flexibility index (Phi) is 4.43. The van der Waals surface area contributed by atoms with Crippen molar-refractivity contribution < 1.29 is 17.9 Å². The van der Waals surface area contributed by atoms with Gasteiger partial charge in [0.2, 0.25) is 0 Å². The van der Waals surface area contributed by atoms with Crippen LogP contribution in [-0.2, 0) is 10.9 Å². The van der Waals surface area contributed by atoms with Crippen molar-refractivity contribution in [3.05, 3.63) is 22.8 Å². The van der Waals surface area contributed by atoms with Gasteiger partial charge in [-0.05, 0) is 6.07 Å². The summed E-state index contributed by atoms with van der Waals surface area (Å²) in [6, 6.07) is 0.884. The van der Waals surface area contributed by atoms with Gasteiger partial charge in [-0.15, -0.1) is 11.6 Å². The number of halogens is 5. The van der Waals surface area contributed by atoms with Crippen LogP contribution in [0.2, 0.25) is 5.02 Å². The van der Waals surface area contributed by atoms with E-state index in [1.54, 1.807) is 4.90 Å². The van der Waals surface area contributed by atoms with Crippen molar-refractivity contribution in [1.82, 2.24) is 4.98 Å². The minimum atomic E-state index is -4.45. The highest BCUT2D eigenvalue weighted by molar-refractivity contribution is 6.33. The number of ether oxygens (including phenoxy) is 1. The Labute approximate surface area is 118 Å². The maximum atomic E-state index is 12.5. The number of alkyl halides is 4. The first-order valence-electron chi connectivity index (χ1n) is 5.57. The van der Waals surface area contributed by atoms with E-state index in [4.69, 9.17) is 27.9 Å². The van der Waals surface area contributed by atoms with Gasteiger partial charge in [0.1, 0.15) is 5.82 Å². The Morgan fingerprint density at radius 1 is 1.47 bits per heavy atom. The average molecular weight is 315 g/mol. The molecule has 0 aromatic carbocycles. The molecule has 106 valence electrons. The number of rotatable bonds is 2. The van der Waals surface area contributed by atoms with Crippen LogP contribution in [0.15, 0.2) is 12.3 Å². The largest absolute Gasteiger partial charge is 0.417 e. The zero-order chi connectivity index (χ0) is 14.0. The van der Waals surface area contributed by atoms with Crippen LogP contribution in [0.1, 0.15) is 5.56 Å². The normalized spacial score (nSPS) is 20.7. The molecule has 1 aliphatic heterocycles. The highest BCUT2D eigenvalue weighted by Crippen LogP contribution is 2.33. The third-order valence-corrected chi connectivity index (χ3v) is 3.38. The van der Waals surface area contributed by atoms with Gasteiger partial charge in [-0.1, -0.05) is 11.6 Å². The molecule has 0 spiro atoms. The second-order valence-electron chi connectivity index (χ2n) is 4.12. The van der Waals surface area contributed by atoms with E-state index < -0.39 is 11.7 Å². The number of pyridine rings is 1. The smallest absolute Gasteiger partial charge is 0.373 e. The van der Waals surface area contributed by atoms with E-state index in [9.17, 15) is 13.2 Å². The number of nitrogens with zero attached hydrogens (tertiary/aromatic N) is 2. The second-order valence-corrected chi connectivity index (χ2v) is 4.84. The van der Waals surface area contributed by atoms with Crippen LogP contribution in [0.3, 0.4) is 0 Å². The molecule has 2 heterocycles. The Morgan fingerprint density at radius 3 is 2.79 bits per heavy atom. The van der Waals surface area contributed by atoms with Gasteiger partial charge in [-0.3, -0.25) is 0 Å². The first kappa shape index (κ1) is 14.7. The fourth-order valence-corrected chi connectivity index (χ4v) is 2.30. The average Bonchev–Trinajstić information content (AvgIpc) is 2.37. The molecule has 1 aromatic heterocycles. The summed E-state index contributed by atoms with van der Waals surface area (Å²) in [4.78, 5) is 5.59. The molecule has 1 saturated heterocycles. The van der Waals surface area contributed by atoms with Gasteiger partial charge >= 0.3 is 6.18 Å². The predicted octanol–water partition coefficient (Wildman–Crippen LogP) is 3.20. The van der Waals surface area contributed by atoms with Gasteiger partial charge in [0.25, 0.3) is 0 Å². The molecule has 0 aliphatic carbocycles. The van der Waals surface area contributed by atoms with E-state index in [1.165, 1.54) is 0 Å². The van der Waals surface area contributed by atoms with E-state index >= 15 is 0 Å². The summed E-state index contributed by atoms with van der Waals surface area (Å²) < 4.78 is 42.9. The monoisotopic (exact) mass is 314 g/mol. The van der Waals surface area contributed by atoms with E-state index in [0.717, 1.165) is 12.3 Å². The molecular formula is C11H11Cl2F3N2O. The quantitative estimate of drug-likeness (QED) is 0.784. The molecule has 0 amide bonds. The van der Waals surface area contributed by atoms with Gasteiger partial charge in [-0.2, -0.15) is 13.2 Å². The van der Waals surface area contributed by atoms with Crippen LogP contribution in [0, 0.1) is 0 Å². The number of aromatic nitrogens is 1. The van der Waals surface area contributed by atoms with Crippen LogP contribution in [0.4, 0.5) is 19.0 Å². The molecule has 2 rings (SSSR count). The van der Waals surface area contributed by atoms with Gasteiger partial charge in [0.15, 0.2) is 0 Å². The molecular weight excluding hydrogens is 304 g/mol. The SMILES string of the molecule is FC(F)(F)c1cnc(N2CCOC(CCl)C2)c(Cl)c1. The van der Waals surface area contributed by atoms with Crippen molar-refractivity contribution in [3.63, 3.8) is 0 Å². The molecule has 0 bridgehead atoms. The molecule has 1 fully saturated rings. The Balaban J connectivity index is 2.21. The van der Waals surface area contributed by atoms with Crippen LogP contribution in [-0.4, -0.2) is 36.7 Å². The maximum Gasteiger partial charge on any atom is 0.417 e. The highest BCUT2D eigenvalue weighted by Gasteiger charge is 2.32. The summed E-state index contributed by atoms with van der Waals surface area (Å²) in [6.07, 6.45) is -3.83. The topological polar surface area (TPSA) is 25.4 Å². The number of morpholine rings is 1. The van der Waals surface area contributed by atoms with Crippen molar-refractivity contribution in [1.29, 1.82) is 0 Å². The molecule has 1 unspecified atom stereocenters. The van der Waals surface area contributed by atoms with Crippen molar-refractivity contribution in [2.75, 3.05) is 30.5 Å². The Morgan fingerprint density at radius 2 is 2.21 bits per heavy atom. The van der Waals surface area contributed by atoms with Crippen LogP contribution in [0.25, 0.3) is 0 Å². The van der Waals surface area contributed by atoms with Gasteiger partial charge < -0.3 is 9.64 Å². The summed E-state index contributed by atoms with van der Waals surface area (Å²) in [5.41, 5.74) is -0.858. The van der Waals surface area contributed by atoms with E-state index in [0.29, 0.717) is 31.4 Å². The van der Waals surface area contributed by atoms with Gasteiger partial charge in [0.05, 0.1) is 29.2 Å². The zero-order valence-electron chi connectivity index (χ0n) is 9.75. The summed E-state index contributed by atoms with van der Waals surface area (Å²) in [5.74, 6) is 0.641.